The van der Waals surface area contributed by atoms with Crippen LogP contribution in [0.3, 0.4) is 0 Å². The molecule has 0 saturated carbocycles. The Hall–Kier alpha value is -1.07. The van der Waals surface area contributed by atoms with Crippen LogP contribution in [0, 0.1) is 0 Å². The average Bonchev–Trinajstić information content (AvgIpc) is 2.20. The summed E-state index contributed by atoms with van der Waals surface area (Å²) in [6.07, 6.45) is 1.69. The molecule has 56 valence electrons. The summed E-state index contributed by atoms with van der Waals surface area (Å²) < 4.78 is 1.60. The van der Waals surface area contributed by atoms with Gasteiger partial charge in [0.25, 0.3) is 0 Å². The molecule has 5 nitrogen and oxygen atoms in total. The highest BCUT2D eigenvalue weighted by atomic mass is 15.3. The molecule has 0 bridgehead atoms. The Morgan fingerprint density at radius 2 is 2.50 bits per heavy atom. The minimum absolute atomic E-state index is 0.555. The van der Waals surface area contributed by atoms with Crippen molar-refractivity contribution in [1.29, 1.82) is 0 Å². The van der Waals surface area contributed by atoms with Crippen molar-refractivity contribution in [3.05, 3.63) is 11.8 Å². The zero-order chi connectivity index (χ0) is 7.56. The minimum atomic E-state index is 0.555. The molecule has 0 radical (unpaired) electrons. The molecule has 1 heterocycles. The third-order valence-corrected chi connectivity index (χ3v) is 1.36. The quantitative estimate of drug-likeness (QED) is 0.363. The van der Waals surface area contributed by atoms with E-state index in [0.29, 0.717) is 12.4 Å². The van der Waals surface area contributed by atoms with Gasteiger partial charge >= 0.3 is 0 Å². The number of nitrogens with two attached hydrogens (primary N) is 2. The van der Waals surface area contributed by atoms with Gasteiger partial charge in [0.05, 0.1) is 6.20 Å². The average molecular weight is 141 g/mol. The Morgan fingerprint density at radius 3 is 2.90 bits per heavy atom. The van der Waals surface area contributed by atoms with Crippen molar-refractivity contribution < 1.29 is 0 Å². The highest BCUT2D eigenvalue weighted by Gasteiger charge is 2.01. The van der Waals surface area contributed by atoms with Gasteiger partial charge in [0, 0.05) is 19.2 Å². The van der Waals surface area contributed by atoms with E-state index < -0.39 is 0 Å². The van der Waals surface area contributed by atoms with Gasteiger partial charge < -0.3 is 5.73 Å². The Bertz CT molecular complexity index is 216. The molecule has 0 aliphatic rings. The highest BCUT2D eigenvalue weighted by molar-refractivity contribution is 5.37. The van der Waals surface area contributed by atoms with E-state index in [0.717, 1.165) is 5.56 Å². The van der Waals surface area contributed by atoms with Crippen LogP contribution in [0.5, 0.6) is 0 Å². The van der Waals surface area contributed by atoms with E-state index in [9.17, 15) is 0 Å². The lowest BCUT2D eigenvalue weighted by atomic mass is 10.3. The normalized spacial score (nSPS) is 10.2. The van der Waals surface area contributed by atoms with Gasteiger partial charge in [-0.25, -0.2) is 0 Å². The largest absolute Gasteiger partial charge is 0.384 e. The Balaban J connectivity index is 2.83. The number of nitrogens with zero attached hydrogens (tertiary/aromatic N) is 2. The Kier molecular flexibility index (Phi) is 1.88. The number of hydrazine groups is 1. The number of nitrogens with one attached hydrogen (secondary N) is 1. The molecule has 10 heavy (non-hydrogen) atoms. The van der Waals surface area contributed by atoms with Gasteiger partial charge in [-0.1, -0.05) is 0 Å². The lowest BCUT2D eigenvalue weighted by Gasteiger charge is -1.97. The molecule has 1 rings (SSSR count). The van der Waals surface area contributed by atoms with Crippen LogP contribution in [0.1, 0.15) is 5.56 Å². The summed E-state index contributed by atoms with van der Waals surface area (Å²) in [7, 11) is 1.79. The Labute approximate surface area is 59.0 Å². The van der Waals surface area contributed by atoms with Gasteiger partial charge in [0.1, 0.15) is 5.82 Å². The molecule has 0 atom stereocenters. The first kappa shape index (κ1) is 7.04. The van der Waals surface area contributed by atoms with Crippen LogP contribution < -0.4 is 17.0 Å². The van der Waals surface area contributed by atoms with Crippen LogP contribution in [0.15, 0.2) is 6.20 Å². The van der Waals surface area contributed by atoms with E-state index in [2.05, 4.69) is 10.5 Å². The van der Waals surface area contributed by atoms with Crippen LogP contribution in [-0.4, -0.2) is 9.78 Å². The van der Waals surface area contributed by atoms with E-state index in [-0.39, 0.29) is 0 Å². The van der Waals surface area contributed by atoms with E-state index in [1.54, 1.807) is 17.9 Å². The van der Waals surface area contributed by atoms with E-state index in [4.69, 9.17) is 11.6 Å². The predicted octanol–water partition coefficient (Wildman–Crippen LogP) is -1.03. The van der Waals surface area contributed by atoms with E-state index in [1.165, 1.54) is 0 Å². The second-order valence-corrected chi connectivity index (χ2v) is 2.06. The molecule has 1 aromatic heterocycles. The number of aromatic nitrogens is 2. The molecule has 0 spiro atoms. The van der Waals surface area contributed by atoms with Crippen LogP contribution in [-0.2, 0) is 13.6 Å². The van der Waals surface area contributed by atoms with Gasteiger partial charge in [-0.15, -0.1) is 0 Å². The molecule has 0 aliphatic carbocycles. The number of anilines is 1. The van der Waals surface area contributed by atoms with Crippen molar-refractivity contribution in [1.82, 2.24) is 15.2 Å². The maximum atomic E-state index is 5.59. The molecule has 5 heteroatoms. The molecule has 0 amide bonds. The number of aryl methyl sites for hydroxylation is 1. The SMILES string of the molecule is Cn1ncc(CNN)c1N. The second-order valence-electron chi connectivity index (χ2n) is 2.06. The maximum absolute atomic E-state index is 5.59. The molecule has 0 aromatic carbocycles. The number of rotatable bonds is 2. The monoisotopic (exact) mass is 141 g/mol. The summed E-state index contributed by atoms with van der Waals surface area (Å²) in [6.45, 7) is 0.555. The number of nitrogen functional groups attached to an aromatic ring is 1. The van der Waals surface area contributed by atoms with Crippen LogP contribution >= 0.6 is 0 Å². The molecule has 0 fully saturated rings. The highest BCUT2D eigenvalue weighted by Crippen LogP contribution is 2.07. The van der Waals surface area contributed by atoms with Gasteiger partial charge in [-0.3, -0.25) is 16.0 Å². The smallest absolute Gasteiger partial charge is 0.125 e. The fourth-order valence-corrected chi connectivity index (χ4v) is 0.739. The Morgan fingerprint density at radius 1 is 1.80 bits per heavy atom. The van der Waals surface area contributed by atoms with Crippen LogP contribution in [0.4, 0.5) is 5.82 Å². The summed E-state index contributed by atoms with van der Waals surface area (Å²) in [5.74, 6) is 5.75. The summed E-state index contributed by atoms with van der Waals surface area (Å²) in [6, 6.07) is 0. The fraction of sp³-hybridized carbons (Fsp3) is 0.400. The summed E-state index contributed by atoms with van der Waals surface area (Å²) >= 11 is 0. The van der Waals surface area contributed by atoms with Crippen molar-refractivity contribution in [3.63, 3.8) is 0 Å². The lowest BCUT2D eigenvalue weighted by molar-refractivity contribution is 0.741. The van der Waals surface area contributed by atoms with E-state index >= 15 is 0 Å². The van der Waals surface area contributed by atoms with Crippen LogP contribution in [0.25, 0.3) is 0 Å². The van der Waals surface area contributed by atoms with E-state index in [1.807, 2.05) is 0 Å². The van der Waals surface area contributed by atoms with Gasteiger partial charge in [0.15, 0.2) is 0 Å². The first-order valence-electron chi connectivity index (χ1n) is 2.95. The third-order valence-electron chi connectivity index (χ3n) is 1.36. The fourth-order valence-electron chi connectivity index (χ4n) is 0.739. The zero-order valence-electron chi connectivity index (χ0n) is 5.83. The number of hydrogen-bond donors (Lipinski definition) is 3. The summed E-state index contributed by atoms with van der Waals surface area (Å²) in [5.41, 5.74) is 9.02. The minimum Gasteiger partial charge on any atom is -0.384 e. The van der Waals surface area contributed by atoms with Gasteiger partial charge in [0.2, 0.25) is 0 Å². The maximum Gasteiger partial charge on any atom is 0.125 e. The lowest BCUT2D eigenvalue weighted by Crippen LogP contribution is -2.21. The van der Waals surface area contributed by atoms with Crippen molar-refractivity contribution >= 4 is 5.82 Å². The third kappa shape index (κ3) is 1.09. The molecule has 1 aromatic rings. The molecule has 0 aliphatic heterocycles. The van der Waals surface area contributed by atoms with Crippen molar-refractivity contribution in [2.75, 3.05) is 5.73 Å². The molecular formula is C5H11N5. The van der Waals surface area contributed by atoms with Crippen molar-refractivity contribution in [3.8, 4) is 0 Å². The van der Waals surface area contributed by atoms with Crippen molar-refractivity contribution in [2.24, 2.45) is 12.9 Å². The molecule has 0 unspecified atom stereocenters. The predicted molar refractivity (Wildman–Crippen MR) is 38.6 cm³/mol. The molecule has 5 N–H and O–H groups in total. The van der Waals surface area contributed by atoms with Gasteiger partial charge in [-0.05, 0) is 0 Å². The van der Waals surface area contributed by atoms with Crippen molar-refractivity contribution in [2.45, 2.75) is 6.54 Å². The van der Waals surface area contributed by atoms with Gasteiger partial charge in [-0.2, -0.15) is 5.10 Å². The summed E-state index contributed by atoms with van der Waals surface area (Å²) in [5, 5.41) is 3.93. The summed E-state index contributed by atoms with van der Waals surface area (Å²) in [4.78, 5) is 0. The van der Waals surface area contributed by atoms with Crippen LogP contribution in [0.2, 0.25) is 0 Å². The second kappa shape index (κ2) is 2.68. The topological polar surface area (TPSA) is 81.9 Å². The molecule has 0 saturated heterocycles. The first-order valence-corrected chi connectivity index (χ1v) is 2.95. The number of hydrogen-bond acceptors (Lipinski definition) is 4. The zero-order valence-corrected chi connectivity index (χ0v) is 5.83. The first-order chi connectivity index (χ1) is 4.75. The standard InChI is InChI=1S/C5H11N5/c1-10-5(6)4(2-8-7)3-9-10/h3,8H,2,6-7H2,1H3. The molecular weight excluding hydrogens is 130 g/mol.